The molecule has 1 aliphatic rings. The number of fused-ring (bicyclic) bond motifs is 1. The van der Waals surface area contributed by atoms with Gasteiger partial charge in [0.1, 0.15) is 16.2 Å². The average molecular weight is 365 g/mol. The minimum atomic E-state index is -3.85. The van der Waals surface area contributed by atoms with Gasteiger partial charge >= 0.3 is 0 Å². The fourth-order valence-electron chi connectivity index (χ4n) is 2.49. The van der Waals surface area contributed by atoms with Gasteiger partial charge in [0.15, 0.2) is 11.5 Å². The maximum atomic E-state index is 12.5. The fraction of sp³-hybridized carbons (Fsp3) is 0.294. The predicted molar refractivity (Wildman–Crippen MR) is 90.3 cm³/mol. The maximum absolute atomic E-state index is 12.5. The molecule has 0 bridgehead atoms. The van der Waals surface area contributed by atoms with Crippen molar-refractivity contribution in [1.82, 2.24) is 4.72 Å². The highest BCUT2D eigenvalue weighted by Crippen LogP contribution is 2.35. The first kappa shape index (κ1) is 17.5. The van der Waals surface area contributed by atoms with Gasteiger partial charge in [-0.25, -0.2) is 13.1 Å². The van der Waals surface area contributed by atoms with Crippen LogP contribution < -0.4 is 18.9 Å². The minimum Gasteiger partial charge on any atom is -0.495 e. The molecule has 1 unspecified atom stereocenters. The summed E-state index contributed by atoms with van der Waals surface area (Å²) in [4.78, 5) is 0.0130. The standard InChI is InChI=1S/C17H19NO6S/c1-17(19,12-7-8-13-15(9-12)24-11-23-13)10-18-25(20,21)16-6-4-3-5-14(16)22-2/h3-9,18-19H,10-11H2,1-2H3. The van der Waals surface area contributed by atoms with Gasteiger partial charge in [-0.15, -0.1) is 0 Å². The molecular formula is C17H19NO6S. The van der Waals surface area contributed by atoms with Crippen LogP contribution in [0.15, 0.2) is 47.4 Å². The molecule has 2 N–H and O–H groups in total. The van der Waals surface area contributed by atoms with Crippen LogP contribution in [0.3, 0.4) is 0 Å². The Balaban J connectivity index is 1.79. The van der Waals surface area contributed by atoms with Gasteiger partial charge in [0.25, 0.3) is 0 Å². The Hall–Kier alpha value is -2.29. The topological polar surface area (TPSA) is 94.1 Å². The fourth-order valence-corrected chi connectivity index (χ4v) is 3.79. The molecule has 0 radical (unpaired) electrons. The smallest absolute Gasteiger partial charge is 0.244 e. The lowest BCUT2D eigenvalue weighted by Gasteiger charge is -2.24. The molecule has 134 valence electrons. The number of methoxy groups -OCH3 is 1. The summed E-state index contributed by atoms with van der Waals surface area (Å²) >= 11 is 0. The van der Waals surface area contributed by atoms with Gasteiger partial charge in [-0.05, 0) is 36.8 Å². The van der Waals surface area contributed by atoms with Crippen molar-refractivity contribution in [2.24, 2.45) is 0 Å². The molecule has 2 aromatic rings. The molecule has 3 rings (SSSR count). The molecule has 1 atom stereocenters. The molecule has 0 aliphatic carbocycles. The molecule has 25 heavy (non-hydrogen) atoms. The zero-order valence-electron chi connectivity index (χ0n) is 13.9. The van der Waals surface area contributed by atoms with Gasteiger partial charge in [-0.2, -0.15) is 0 Å². The lowest BCUT2D eigenvalue weighted by Crippen LogP contribution is -2.38. The Morgan fingerprint density at radius 1 is 1.20 bits per heavy atom. The molecule has 1 heterocycles. The molecule has 0 spiro atoms. The average Bonchev–Trinajstić information content (AvgIpc) is 3.08. The van der Waals surface area contributed by atoms with E-state index in [2.05, 4.69) is 4.72 Å². The normalized spacial score (nSPS) is 15.6. The largest absolute Gasteiger partial charge is 0.495 e. The van der Waals surface area contributed by atoms with Crippen LogP contribution in [0.5, 0.6) is 17.2 Å². The highest BCUT2D eigenvalue weighted by molar-refractivity contribution is 7.89. The lowest BCUT2D eigenvalue weighted by atomic mass is 9.96. The summed E-state index contributed by atoms with van der Waals surface area (Å²) in [6, 6.07) is 11.3. The molecular weight excluding hydrogens is 346 g/mol. The summed E-state index contributed by atoms with van der Waals surface area (Å²) in [5.41, 5.74) is -0.921. The molecule has 0 saturated carbocycles. The predicted octanol–water partition coefficient (Wildman–Crippen LogP) is 1.61. The van der Waals surface area contributed by atoms with Crippen molar-refractivity contribution >= 4 is 10.0 Å². The van der Waals surface area contributed by atoms with E-state index in [1.54, 1.807) is 36.4 Å². The number of ether oxygens (including phenoxy) is 3. The number of para-hydroxylation sites is 1. The summed E-state index contributed by atoms with van der Waals surface area (Å²) in [5.74, 6) is 1.34. The van der Waals surface area contributed by atoms with Gasteiger partial charge in [0.2, 0.25) is 16.8 Å². The molecule has 0 saturated heterocycles. The first-order valence-corrected chi connectivity index (χ1v) is 9.07. The zero-order valence-corrected chi connectivity index (χ0v) is 14.7. The Morgan fingerprint density at radius 3 is 2.68 bits per heavy atom. The van der Waals surface area contributed by atoms with Crippen molar-refractivity contribution in [2.45, 2.75) is 17.4 Å². The van der Waals surface area contributed by atoms with Gasteiger partial charge in [0, 0.05) is 6.54 Å². The summed E-state index contributed by atoms with van der Waals surface area (Å²) < 4.78 is 43.1. The number of rotatable bonds is 6. The number of hydrogen-bond acceptors (Lipinski definition) is 6. The number of aliphatic hydroxyl groups is 1. The van der Waals surface area contributed by atoms with Crippen molar-refractivity contribution < 1.29 is 27.7 Å². The maximum Gasteiger partial charge on any atom is 0.244 e. The third-order valence-electron chi connectivity index (χ3n) is 3.96. The summed E-state index contributed by atoms with van der Waals surface area (Å²) in [5, 5.41) is 10.7. The third kappa shape index (κ3) is 3.55. The van der Waals surface area contributed by atoms with Crippen LogP contribution in [0.4, 0.5) is 0 Å². The summed E-state index contributed by atoms with van der Waals surface area (Å²) in [6.45, 7) is 1.43. The van der Waals surface area contributed by atoms with E-state index in [-0.39, 0.29) is 24.0 Å². The number of benzene rings is 2. The van der Waals surface area contributed by atoms with Gasteiger partial charge < -0.3 is 19.3 Å². The van der Waals surface area contributed by atoms with Gasteiger partial charge in [-0.1, -0.05) is 18.2 Å². The quantitative estimate of drug-likeness (QED) is 0.808. The molecule has 0 aromatic heterocycles. The summed E-state index contributed by atoms with van der Waals surface area (Å²) in [7, 11) is -2.45. The van der Waals surface area contributed by atoms with Crippen molar-refractivity contribution in [3.05, 3.63) is 48.0 Å². The zero-order chi connectivity index (χ0) is 18.1. The third-order valence-corrected chi connectivity index (χ3v) is 5.40. The van der Waals surface area contributed by atoms with E-state index in [1.807, 2.05) is 0 Å². The Morgan fingerprint density at radius 2 is 1.92 bits per heavy atom. The Bertz CT molecular complexity index is 878. The molecule has 0 amide bonds. The Labute approximate surface area is 146 Å². The monoisotopic (exact) mass is 365 g/mol. The number of hydrogen-bond donors (Lipinski definition) is 2. The van der Waals surface area contributed by atoms with E-state index in [0.717, 1.165) is 0 Å². The molecule has 7 nitrogen and oxygen atoms in total. The van der Waals surface area contributed by atoms with Crippen LogP contribution in [-0.2, 0) is 15.6 Å². The van der Waals surface area contributed by atoms with Crippen molar-refractivity contribution in [1.29, 1.82) is 0 Å². The first-order chi connectivity index (χ1) is 11.8. The molecule has 1 aliphatic heterocycles. The molecule has 8 heteroatoms. The number of nitrogens with one attached hydrogen (secondary N) is 1. The van der Waals surface area contributed by atoms with Crippen LogP contribution in [0.1, 0.15) is 12.5 Å². The number of sulfonamides is 1. The van der Waals surface area contributed by atoms with Crippen LogP contribution in [-0.4, -0.2) is 34.0 Å². The van der Waals surface area contributed by atoms with Crippen molar-refractivity contribution in [2.75, 3.05) is 20.4 Å². The summed E-state index contributed by atoms with van der Waals surface area (Å²) in [6.07, 6.45) is 0. The van der Waals surface area contributed by atoms with Crippen LogP contribution >= 0.6 is 0 Å². The molecule has 2 aromatic carbocycles. The SMILES string of the molecule is COc1ccccc1S(=O)(=O)NCC(C)(O)c1ccc2c(c1)OCO2. The van der Waals surface area contributed by atoms with Crippen LogP contribution in [0, 0.1) is 0 Å². The second-order valence-electron chi connectivity index (χ2n) is 5.82. The molecule has 0 fully saturated rings. The van der Waals surface area contributed by atoms with E-state index in [9.17, 15) is 13.5 Å². The van der Waals surface area contributed by atoms with E-state index in [1.165, 1.54) is 20.1 Å². The van der Waals surface area contributed by atoms with Crippen LogP contribution in [0.2, 0.25) is 0 Å². The lowest BCUT2D eigenvalue weighted by molar-refractivity contribution is 0.0625. The first-order valence-electron chi connectivity index (χ1n) is 7.59. The van der Waals surface area contributed by atoms with E-state index in [0.29, 0.717) is 17.1 Å². The van der Waals surface area contributed by atoms with Crippen molar-refractivity contribution in [3.63, 3.8) is 0 Å². The van der Waals surface area contributed by atoms with Crippen LogP contribution in [0.25, 0.3) is 0 Å². The van der Waals surface area contributed by atoms with E-state index < -0.39 is 15.6 Å². The second kappa shape index (κ2) is 6.55. The Kier molecular flexibility index (Phi) is 4.59. The highest BCUT2D eigenvalue weighted by atomic mass is 32.2. The van der Waals surface area contributed by atoms with E-state index >= 15 is 0 Å². The van der Waals surface area contributed by atoms with E-state index in [4.69, 9.17) is 14.2 Å². The second-order valence-corrected chi connectivity index (χ2v) is 7.55. The van der Waals surface area contributed by atoms with Gasteiger partial charge in [-0.3, -0.25) is 0 Å². The van der Waals surface area contributed by atoms with Gasteiger partial charge in [0.05, 0.1) is 7.11 Å². The minimum absolute atomic E-state index is 0.0130. The highest BCUT2D eigenvalue weighted by Gasteiger charge is 2.29. The van der Waals surface area contributed by atoms with Crippen molar-refractivity contribution in [3.8, 4) is 17.2 Å².